The van der Waals surface area contributed by atoms with Crippen LogP contribution in [0.2, 0.25) is 0 Å². The number of rotatable bonds is 4. The van der Waals surface area contributed by atoms with E-state index in [-0.39, 0.29) is 24.2 Å². The number of halogens is 1. The monoisotopic (exact) mass is 343 g/mol. The molecule has 2 aromatic rings. The molecule has 1 atom stereocenters. The molecule has 0 saturated carbocycles. The van der Waals surface area contributed by atoms with E-state index in [1.165, 1.54) is 17.7 Å². The predicted molar refractivity (Wildman–Crippen MR) is 93.4 cm³/mol. The first-order chi connectivity index (χ1) is 12.0. The van der Waals surface area contributed by atoms with Crippen LogP contribution in [0.25, 0.3) is 0 Å². The molecule has 1 aliphatic heterocycles. The lowest BCUT2D eigenvalue weighted by atomic mass is 9.93. The van der Waals surface area contributed by atoms with Crippen LogP contribution in [0.4, 0.5) is 4.39 Å². The average Bonchev–Trinajstić information content (AvgIpc) is 2.61. The van der Waals surface area contributed by atoms with Gasteiger partial charge in [0.25, 0.3) is 0 Å². The van der Waals surface area contributed by atoms with Crippen LogP contribution in [0.15, 0.2) is 36.4 Å². The molecule has 25 heavy (non-hydrogen) atoms. The van der Waals surface area contributed by atoms with Crippen molar-refractivity contribution in [2.75, 3.05) is 14.2 Å². The van der Waals surface area contributed by atoms with Crippen molar-refractivity contribution < 1.29 is 18.7 Å². The molecule has 1 amide bonds. The quantitative estimate of drug-likeness (QED) is 0.854. The Morgan fingerprint density at radius 3 is 2.32 bits per heavy atom. The van der Waals surface area contributed by atoms with E-state index in [1.807, 2.05) is 24.0 Å². The summed E-state index contributed by atoms with van der Waals surface area (Å²) in [4.78, 5) is 14.6. The highest BCUT2D eigenvalue weighted by Crippen LogP contribution is 2.34. The molecule has 2 aromatic carbocycles. The van der Waals surface area contributed by atoms with E-state index in [4.69, 9.17) is 9.47 Å². The van der Waals surface area contributed by atoms with Gasteiger partial charge in [-0.05, 0) is 54.3 Å². The van der Waals surface area contributed by atoms with Crippen LogP contribution < -0.4 is 9.47 Å². The number of amides is 1. The van der Waals surface area contributed by atoms with E-state index in [9.17, 15) is 9.18 Å². The van der Waals surface area contributed by atoms with Gasteiger partial charge in [-0.25, -0.2) is 4.39 Å². The number of nitrogens with zero attached hydrogens (tertiary/aromatic N) is 1. The average molecular weight is 343 g/mol. The summed E-state index contributed by atoms with van der Waals surface area (Å²) in [6, 6.07) is 10.1. The number of hydrogen-bond donors (Lipinski definition) is 0. The van der Waals surface area contributed by atoms with Crippen LogP contribution in [0.3, 0.4) is 0 Å². The maximum atomic E-state index is 13.0. The second-order valence-electron chi connectivity index (χ2n) is 6.35. The van der Waals surface area contributed by atoms with Gasteiger partial charge in [0.2, 0.25) is 5.91 Å². The Labute approximate surface area is 147 Å². The normalized spacial score (nSPS) is 16.3. The Morgan fingerprint density at radius 1 is 1.12 bits per heavy atom. The third-order valence-corrected chi connectivity index (χ3v) is 4.68. The largest absolute Gasteiger partial charge is 0.493 e. The molecule has 4 nitrogen and oxygen atoms in total. The van der Waals surface area contributed by atoms with E-state index in [1.54, 1.807) is 26.4 Å². The second kappa shape index (κ2) is 7.13. The lowest BCUT2D eigenvalue weighted by Crippen LogP contribution is -2.43. The van der Waals surface area contributed by atoms with Crippen LogP contribution in [-0.4, -0.2) is 31.1 Å². The minimum atomic E-state index is -0.294. The maximum absolute atomic E-state index is 13.0. The maximum Gasteiger partial charge on any atom is 0.227 e. The fourth-order valence-electron chi connectivity index (χ4n) is 3.28. The van der Waals surface area contributed by atoms with E-state index >= 15 is 0 Å². The van der Waals surface area contributed by atoms with Crippen LogP contribution >= 0.6 is 0 Å². The van der Waals surface area contributed by atoms with Crippen molar-refractivity contribution in [3.63, 3.8) is 0 Å². The molecule has 0 saturated heterocycles. The van der Waals surface area contributed by atoms with Crippen LogP contribution in [0, 0.1) is 5.82 Å². The van der Waals surface area contributed by atoms with Crippen molar-refractivity contribution in [3.8, 4) is 11.5 Å². The van der Waals surface area contributed by atoms with Gasteiger partial charge < -0.3 is 14.4 Å². The van der Waals surface area contributed by atoms with Crippen LogP contribution in [0.1, 0.15) is 23.6 Å². The molecule has 0 spiro atoms. The van der Waals surface area contributed by atoms with Crippen molar-refractivity contribution in [1.29, 1.82) is 0 Å². The zero-order chi connectivity index (χ0) is 18.0. The van der Waals surface area contributed by atoms with Gasteiger partial charge in [0, 0.05) is 12.6 Å². The van der Waals surface area contributed by atoms with Crippen molar-refractivity contribution in [1.82, 2.24) is 4.90 Å². The molecule has 0 aliphatic carbocycles. The summed E-state index contributed by atoms with van der Waals surface area (Å²) < 4.78 is 23.8. The first kappa shape index (κ1) is 17.3. The van der Waals surface area contributed by atoms with Gasteiger partial charge in [-0.1, -0.05) is 12.1 Å². The summed E-state index contributed by atoms with van der Waals surface area (Å²) in [7, 11) is 3.22. The molecular weight excluding hydrogens is 321 g/mol. The number of ether oxygens (including phenoxy) is 2. The predicted octanol–water partition coefficient (Wildman–Crippen LogP) is 3.36. The summed E-state index contributed by atoms with van der Waals surface area (Å²) in [6.07, 6.45) is 1.04. The van der Waals surface area contributed by atoms with Gasteiger partial charge in [-0.15, -0.1) is 0 Å². The fraction of sp³-hybridized carbons (Fsp3) is 0.350. The number of hydrogen-bond acceptors (Lipinski definition) is 3. The lowest BCUT2D eigenvalue weighted by molar-refractivity contribution is -0.133. The molecule has 0 N–H and O–H groups in total. The smallest absolute Gasteiger partial charge is 0.227 e. The fourth-order valence-corrected chi connectivity index (χ4v) is 3.28. The lowest BCUT2D eigenvalue weighted by Gasteiger charge is -2.35. The zero-order valence-electron chi connectivity index (χ0n) is 14.7. The first-order valence-corrected chi connectivity index (χ1v) is 8.29. The Bertz CT molecular complexity index is 773. The second-order valence-corrected chi connectivity index (χ2v) is 6.35. The highest BCUT2D eigenvalue weighted by molar-refractivity contribution is 5.79. The minimum absolute atomic E-state index is 0.0412. The third-order valence-electron chi connectivity index (χ3n) is 4.68. The summed E-state index contributed by atoms with van der Waals surface area (Å²) in [5.41, 5.74) is 3.07. The Kier molecular flexibility index (Phi) is 4.93. The summed E-state index contributed by atoms with van der Waals surface area (Å²) >= 11 is 0. The van der Waals surface area contributed by atoms with Gasteiger partial charge >= 0.3 is 0 Å². The number of carbonyl (C=O) groups excluding carboxylic acids is 1. The van der Waals surface area contributed by atoms with Crippen LogP contribution in [-0.2, 0) is 24.2 Å². The molecule has 1 unspecified atom stereocenters. The molecule has 0 fully saturated rings. The van der Waals surface area contributed by atoms with Crippen molar-refractivity contribution in [3.05, 3.63) is 58.9 Å². The molecule has 0 aromatic heterocycles. The van der Waals surface area contributed by atoms with Crippen molar-refractivity contribution >= 4 is 5.91 Å². The van der Waals surface area contributed by atoms with E-state index in [2.05, 4.69) is 0 Å². The summed E-state index contributed by atoms with van der Waals surface area (Å²) in [6.45, 7) is 2.58. The highest BCUT2D eigenvalue weighted by Gasteiger charge is 2.28. The number of fused-ring (bicyclic) bond motifs is 1. The molecule has 1 heterocycles. The van der Waals surface area contributed by atoms with Gasteiger partial charge in [0.1, 0.15) is 5.82 Å². The summed E-state index contributed by atoms with van der Waals surface area (Å²) in [5.74, 6) is 1.12. The molecule has 132 valence electrons. The Hall–Kier alpha value is -2.56. The van der Waals surface area contributed by atoms with Gasteiger partial charge in [-0.3, -0.25) is 4.79 Å². The van der Waals surface area contributed by atoms with E-state index in [0.29, 0.717) is 18.0 Å². The van der Waals surface area contributed by atoms with Gasteiger partial charge in [0.05, 0.1) is 20.6 Å². The molecule has 0 radical (unpaired) electrons. The first-order valence-electron chi connectivity index (χ1n) is 8.29. The molecule has 5 heteroatoms. The topological polar surface area (TPSA) is 38.8 Å². The molecule has 0 bridgehead atoms. The number of carbonyl (C=O) groups is 1. The molecular formula is C20H22FNO3. The number of benzene rings is 2. The van der Waals surface area contributed by atoms with Crippen LogP contribution in [0.5, 0.6) is 11.5 Å². The summed E-state index contributed by atoms with van der Waals surface area (Å²) in [5, 5.41) is 0. The Balaban J connectivity index is 1.80. The van der Waals surface area contributed by atoms with E-state index in [0.717, 1.165) is 17.5 Å². The zero-order valence-corrected chi connectivity index (χ0v) is 14.7. The Morgan fingerprint density at radius 2 is 1.72 bits per heavy atom. The van der Waals surface area contributed by atoms with Crippen molar-refractivity contribution in [2.24, 2.45) is 0 Å². The van der Waals surface area contributed by atoms with E-state index < -0.39 is 0 Å². The third kappa shape index (κ3) is 3.60. The molecule has 1 aliphatic rings. The van der Waals surface area contributed by atoms with Crippen molar-refractivity contribution in [2.45, 2.75) is 32.4 Å². The highest BCUT2D eigenvalue weighted by atomic mass is 19.1. The standard InChI is InChI=1S/C20H22FNO3/c1-13-8-15-10-18(24-2)19(25-3)11-16(15)12-22(13)20(23)9-14-4-6-17(21)7-5-14/h4-7,10-11,13H,8-9,12H2,1-3H3. The SMILES string of the molecule is COc1cc2c(cc1OC)CN(C(=O)Cc1ccc(F)cc1)C(C)C2. The number of methoxy groups -OCH3 is 2. The minimum Gasteiger partial charge on any atom is -0.493 e. The molecule has 3 rings (SSSR count). The van der Waals surface area contributed by atoms with Gasteiger partial charge in [-0.2, -0.15) is 0 Å². The van der Waals surface area contributed by atoms with Gasteiger partial charge in [0.15, 0.2) is 11.5 Å².